The van der Waals surface area contributed by atoms with E-state index in [-0.39, 0.29) is 5.91 Å². The fraction of sp³-hybridized carbons (Fsp3) is 0.923. The first-order chi connectivity index (χ1) is 8.07. The van der Waals surface area contributed by atoms with Gasteiger partial charge in [-0.25, -0.2) is 0 Å². The molecule has 102 valence electrons. The standard InChI is InChI=1S/C13H27NO3/c1-5-7-14(4)13(15)6-8-16-9-10-17-11-12(2)3/h12H,5-11H2,1-4H3. The van der Waals surface area contributed by atoms with Gasteiger partial charge in [0.25, 0.3) is 0 Å². The predicted molar refractivity (Wildman–Crippen MR) is 69.0 cm³/mol. The second-order valence-corrected chi connectivity index (χ2v) is 4.65. The van der Waals surface area contributed by atoms with Crippen molar-refractivity contribution in [1.29, 1.82) is 0 Å². The molecule has 0 bridgehead atoms. The van der Waals surface area contributed by atoms with Crippen LogP contribution in [0.5, 0.6) is 0 Å². The van der Waals surface area contributed by atoms with Gasteiger partial charge >= 0.3 is 0 Å². The van der Waals surface area contributed by atoms with Gasteiger partial charge in [-0.2, -0.15) is 0 Å². The SMILES string of the molecule is CCCN(C)C(=O)CCOCCOCC(C)C. The molecule has 17 heavy (non-hydrogen) atoms. The van der Waals surface area contributed by atoms with Crippen LogP contribution in [0.25, 0.3) is 0 Å². The predicted octanol–water partition coefficient (Wildman–Crippen LogP) is 1.93. The minimum absolute atomic E-state index is 0.148. The second-order valence-electron chi connectivity index (χ2n) is 4.65. The van der Waals surface area contributed by atoms with Gasteiger partial charge in [0.15, 0.2) is 0 Å². The zero-order valence-corrected chi connectivity index (χ0v) is 11.7. The van der Waals surface area contributed by atoms with Crippen molar-refractivity contribution in [3.8, 4) is 0 Å². The molecule has 0 aliphatic carbocycles. The summed E-state index contributed by atoms with van der Waals surface area (Å²) in [4.78, 5) is 13.3. The average Bonchev–Trinajstić information content (AvgIpc) is 2.27. The topological polar surface area (TPSA) is 38.8 Å². The Bertz CT molecular complexity index is 195. The average molecular weight is 245 g/mol. The van der Waals surface area contributed by atoms with Gasteiger partial charge in [-0.1, -0.05) is 20.8 Å². The molecule has 0 N–H and O–H groups in total. The van der Waals surface area contributed by atoms with Crippen LogP contribution in [0.2, 0.25) is 0 Å². The van der Waals surface area contributed by atoms with Crippen molar-refractivity contribution in [3.63, 3.8) is 0 Å². The summed E-state index contributed by atoms with van der Waals surface area (Å²) in [5, 5.41) is 0. The summed E-state index contributed by atoms with van der Waals surface area (Å²) in [6.45, 7) is 9.53. The second kappa shape index (κ2) is 10.5. The Morgan fingerprint density at radius 2 is 1.82 bits per heavy atom. The maximum Gasteiger partial charge on any atom is 0.224 e. The van der Waals surface area contributed by atoms with Crippen LogP contribution < -0.4 is 0 Å². The maximum absolute atomic E-state index is 11.5. The Morgan fingerprint density at radius 3 is 2.41 bits per heavy atom. The largest absolute Gasteiger partial charge is 0.379 e. The lowest BCUT2D eigenvalue weighted by Gasteiger charge is -2.15. The van der Waals surface area contributed by atoms with Crippen molar-refractivity contribution in [1.82, 2.24) is 4.90 Å². The molecule has 0 heterocycles. The third-order valence-corrected chi connectivity index (χ3v) is 2.27. The van der Waals surface area contributed by atoms with E-state index in [9.17, 15) is 4.79 Å². The minimum atomic E-state index is 0.148. The van der Waals surface area contributed by atoms with Crippen molar-refractivity contribution in [2.24, 2.45) is 5.92 Å². The summed E-state index contributed by atoms with van der Waals surface area (Å²) in [5.74, 6) is 0.703. The molecule has 0 atom stereocenters. The van der Waals surface area contributed by atoms with E-state index in [1.54, 1.807) is 4.90 Å². The highest BCUT2D eigenvalue weighted by atomic mass is 16.5. The van der Waals surface area contributed by atoms with Gasteiger partial charge in [0, 0.05) is 20.2 Å². The number of nitrogens with zero attached hydrogens (tertiary/aromatic N) is 1. The van der Waals surface area contributed by atoms with Gasteiger partial charge in [-0.3, -0.25) is 4.79 Å². The van der Waals surface area contributed by atoms with E-state index < -0.39 is 0 Å². The van der Waals surface area contributed by atoms with Crippen molar-refractivity contribution in [2.75, 3.05) is 40.0 Å². The minimum Gasteiger partial charge on any atom is -0.379 e. The third-order valence-electron chi connectivity index (χ3n) is 2.27. The maximum atomic E-state index is 11.5. The molecular weight excluding hydrogens is 218 g/mol. The normalized spacial score (nSPS) is 10.9. The van der Waals surface area contributed by atoms with Gasteiger partial charge in [0.1, 0.15) is 0 Å². The van der Waals surface area contributed by atoms with Crippen molar-refractivity contribution in [2.45, 2.75) is 33.6 Å². The number of carbonyl (C=O) groups is 1. The molecule has 4 heteroatoms. The van der Waals surface area contributed by atoms with Gasteiger partial charge in [-0.05, 0) is 12.3 Å². The van der Waals surface area contributed by atoms with E-state index >= 15 is 0 Å². The Morgan fingerprint density at radius 1 is 1.18 bits per heavy atom. The van der Waals surface area contributed by atoms with E-state index in [1.807, 2.05) is 7.05 Å². The zero-order valence-electron chi connectivity index (χ0n) is 11.7. The number of carbonyl (C=O) groups excluding carboxylic acids is 1. The lowest BCUT2D eigenvalue weighted by atomic mass is 10.2. The Kier molecular flexibility index (Phi) is 10.2. The molecule has 1 amide bonds. The van der Waals surface area contributed by atoms with E-state index in [0.29, 0.717) is 32.2 Å². The van der Waals surface area contributed by atoms with Crippen LogP contribution in [0.3, 0.4) is 0 Å². The van der Waals surface area contributed by atoms with E-state index in [0.717, 1.165) is 19.6 Å². The van der Waals surface area contributed by atoms with E-state index in [1.165, 1.54) is 0 Å². The molecule has 0 unspecified atom stereocenters. The molecular formula is C13H27NO3. The summed E-state index contributed by atoms with van der Waals surface area (Å²) in [7, 11) is 1.83. The zero-order chi connectivity index (χ0) is 13.1. The summed E-state index contributed by atoms with van der Waals surface area (Å²) < 4.78 is 10.7. The molecule has 0 saturated heterocycles. The van der Waals surface area contributed by atoms with Gasteiger partial charge in [0.05, 0.1) is 26.2 Å². The van der Waals surface area contributed by atoms with Gasteiger partial charge in [-0.15, -0.1) is 0 Å². The van der Waals surface area contributed by atoms with Gasteiger partial charge in [0.2, 0.25) is 5.91 Å². The highest BCUT2D eigenvalue weighted by Crippen LogP contribution is 1.95. The molecule has 4 nitrogen and oxygen atoms in total. The first-order valence-electron chi connectivity index (χ1n) is 6.47. The van der Waals surface area contributed by atoms with Gasteiger partial charge < -0.3 is 14.4 Å². The number of ether oxygens (including phenoxy) is 2. The molecule has 0 rings (SSSR count). The monoisotopic (exact) mass is 245 g/mol. The Balaban J connectivity index is 3.30. The van der Waals surface area contributed by atoms with Crippen molar-refractivity contribution in [3.05, 3.63) is 0 Å². The lowest BCUT2D eigenvalue weighted by Crippen LogP contribution is -2.28. The molecule has 0 aromatic rings. The Hall–Kier alpha value is -0.610. The van der Waals surface area contributed by atoms with Crippen LogP contribution in [0.15, 0.2) is 0 Å². The molecule has 0 fully saturated rings. The number of rotatable bonds is 10. The van der Waals surface area contributed by atoms with Crippen LogP contribution in [0.4, 0.5) is 0 Å². The van der Waals surface area contributed by atoms with Crippen LogP contribution in [-0.4, -0.2) is 50.8 Å². The molecule has 0 radical (unpaired) electrons. The molecule has 0 aliphatic heterocycles. The van der Waals surface area contributed by atoms with Crippen LogP contribution in [0.1, 0.15) is 33.6 Å². The molecule has 0 saturated carbocycles. The summed E-state index contributed by atoms with van der Waals surface area (Å²) in [6, 6.07) is 0. The third kappa shape index (κ3) is 10.3. The molecule has 0 spiro atoms. The smallest absolute Gasteiger partial charge is 0.224 e. The number of hydrogen-bond acceptors (Lipinski definition) is 3. The highest BCUT2D eigenvalue weighted by Gasteiger charge is 2.06. The van der Waals surface area contributed by atoms with Crippen LogP contribution >= 0.6 is 0 Å². The first kappa shape index (κ1) is 16.4. The van der Waals surface area contributed by atoms with Crippen molar-refractivity contribution < 1.29 is 14.3 Å². The van der Waals surface area contributed by atoms with Crippen molar-refractivity contribution >= 4 is 5.91 Å². The fourth-order valence-electron chi connectivity index (χ4n) is 1.35. The lowest BCUT2D eigenvalue weighted by molar-refractivity contribution is -0.131. The van der Waals surface area contributed by atoms with E-state index in [2.05, 4.69) is 20.8 Å². The van der Waals surface area contributed by atoms with E-state index in [4.69, 9.17) is 9.47 Å². The molecule has 0 aromatic carbocycles. The molecule has 0 aromatic heterocycles. The number of amides is 1. The van der Waals surface area contributed by atoms with Crippen LogP contribution in [0, 0.1) is 5.92 Å². The quantitative estimate of drug-likeness (QED) is 0.552. The summed E-state index contributed by atoms with van der Waals surface area (Å²) >= 11 is 0. The number of hydrogen-bond donors (Lipinski definition) is 0. The Labute approximate surface area is 105 Å². The fourth-order valence-corrected chi connectivity index (χ4v) is 1.35. The highest BCUT2D eigenvalue weighted by molar-refractivity contribution is 5.75. The van der Waals surface area contributed by atoms with Crippen LogP contribution in [-0.2, 0) is 14.3 Å². The summed E-state index contributed by atoms with van der Waals surface area (Å²) in [5.41, 5.74) is 0. The first-order valence-corrected chi connectivity index (χ1v) is 6.47. The summed E-state index contributed by atoms with van der Waals surface area (Å²) in [6.07, 6.45) is 1.45. The molecule has 0 aliphatic rings.